The Hall–Kier alpha value is -2.33. The van der Waals surface area contributed by atoms with Crippen LogP contribution in [0.4, 0.5) is 5.69 Å². The number of hydrogen-bond donors (Lipinski definition) is 2. The van der Waals surface area contributed by atoms with Gasteiger partial charge in [-0.05, 0) is 37.6 Å². The molecule has 0 spiro atoms. The Kier molecular flexibility index (Phi) is 5.55. The third-order valence-electron chi connectivity index (χ3n) is 3.10. The molecule has 0 unspecified atom stereocenters. The van der Waals surface area contributed by atoms with Crippen molar-refractivity contribution in [3.63, 3.8) is 0 Å². The fraction of sp³-hybridized carbons (Fsp3) is 0.176. The second-order valence-electron chi connectivity index (χ2n) is 4.96. The predicted octanol–water partition coefficient (Wildman–Crippen LogP) is 3.60. The van der Waals surface area contributed by atoms with Crippen LogP contribution in [-0.2, 0) is 4.79 Å². The van der Waals surface area contributed by atoms with Crippen molar-refractivity contribution in [2.24, 2.45) is 5.10 Å². The van der Waals surface area contributed by atoms with Crippen molar-refractivity contribution in [2.75, 3.05) is 11.9 Å². The fourth-order valence-corrected chi connectivity index (χ4v) is 2.02. The summed E-state index contributed by atoms with van der Waals surface area (Å²) in [6, 6.07) is 15.2. The Labute approximate surface area is 135 Å². The number of nitrogens with zero attached hydrogens (tertiary/aromatic N) is 1. The first kappa shape index (κ1) is 16.0. The van der Waals surface area contributed by atoms with Crippen molar-refractivity contribution in [1.29, 1.82) is 0 Å². The van der Waals surface area contributed by atoms with Gasteiger partial charge in [0.05, 0.1) is 12.3 Å². The number of anilines is 1. The van der Waals surface area contributed by atoms with Crippen molar-refractivity contribution in [3.8, 4) is 0 Å². The zero-order chi connectivity index (χ0) is 15.9. The molecule has 1 amide bonds. The van der Waals surface area contributed by atoms with E-state index in [-0.39, 0.29) is 12.5 Å². The van der Waals surface area contributed by atoms with E-state index in [4.69, 9.17) is 11.6 Å². The summed E-state index contributed by atoms with van der Waals surface area (Å²) in [7, 11) is 0. The lowest BCUT2D eigenvalue weighted by Gasteiger charge is -2.06. The molecule has 0 fully saturated rings. The number of amides is 1. The molecule has 0 radical (unpaired) electrons. The van der Waals surface area contributed by atoms with E-state index in [1.165, 1.54) is 5.56 Å². The molecule has 0 aliphatic carbocycles. The van der Waals surface area contributed by atoms with Gasteiger partial charge in [-0.15, -0.1) is 0 Å². The minimum absolute atomic E-state index is 0.130. The smallest absolute Gasteiger partial charge is 0.259 e. The number of benzene rings is 2. The Balaban J connectivity index is 1.86. The number of hydrazone groups is 1. The summed E-state index contributed by atoms with van der Waals surface area (Å²) in [5.41, 5.74) is 6.25. The first-order valence-corrected chi connectivity index (χ1v) is 7.32. The van der Waals surface area contributed by atoms with Crippen LogP contribution in [0, 0.1) is 6.92 Å². The monoisotopic (exact) mass is 315 g/mol. The Morgan fingerprint density at radius 3 is 2.59 bits per heavy atom. The van der Waals surface area contributed by atoms with Crippen molar-refractivity contribution in [2.45, 2.75) is 13.8 Å². The van der Waals surface area contributed by atoms with Crippen LogP contribution in [-0.4, -0.2) is 18.2 Å². The van der Waals surface area contributed by atoms with Crippen LogP contribution in [0.3, 0.4) is 0 Å². The van der Waals surface area contributed by atoms with Gasteiger partial charge in [0.25, 0.3) is 5.91 Å². The summed E-state index contributed by atoms with van der Waals surface area (Å²) in [6.07, 6.45) is 0. The van der Waals surface area contributed by atoms with E-state index in [1.54, 1.807) is 12.1 Å². The maximum atomic E-state index is 11.8. The van der Waals surface area contributed by atoms with Gasteiger partial charge in [0, 0.05) is 10.7 Å². The molecule has 0 aliphatic heterocycles. The Bertz CT molecular complexity index is 681. The van der Waals surface area contributed by atoms with Gasteiger partial charge in [-0.25, -0.2) is 5.43 Å². The van der Waals surface area contributed by atoms with Gasteiger partial charge in [0.15, 0.2) is 0 Å². The zero-order valence-corrected chi connectivity index (χ0v) is 13.3. The third kappa shape index (κ3) is 4.90. The van der Waals surface area contributed by atoms with Gasteiger partial charge in [0.1, 0.15) is 0 Å². The molecule has 4 nitrogen and oxygen atoms in total. The fourth-order valence-electron chi connectivity index (χ4n) is 1.83. The van der Waals surface area contributed by atoms with Crippen LogP contribution < -0.4 is 10.7 Å². The number of aryl methyl sites for hydroxylation is 1. The Morgan fingerprint density at radius 1 is 1.18 bits per heavy atom. The maximum Gasteiger partial charge on any atom is 0.259 e. The SMILES string of the molecule is C/C(=N/NC(=O)CNc1cccc(Cl)c1)c1ccc(C)cc1. The molecular weight excluding hydrogens is 298 g/mol. The molecule has 0 heterocycles. The van der Waals surface area contributed by atoms with E-state index in [0.717, 1.165) is 17.0 Å². The highest BCUT2D eigenvalue weighted by Crippen LogP contribution is 2.14. The molecule has 2 aromatic rings. The second-order valence-corrected chi connectivity index (χ2v) is 5.40. The van der Waals surface area contributed by atoms with E-state index in [2.05, 4.69) is 15.8 Å². The molecule has 0 saturated carbocycles. The van der Waals surface area contributed by atoms with E-state index in [0.29, 0.717) is 5.02 Å². The van der Waals surface area contributed by atoms with Crippen LogP contribution in [0.1, 0.15) is 18.1 Å². The minimum Gasteiger partial charge on any atom is -0.376 e. The van der Waals surface area contributed by atoms with Crippen molar-refractivity contribution < 1.29 is 4.79 Å². The third-order valence-corrected chi connectivity index (χ3v) is 3.33. The van der Waals surface area contributed by atoms with Gasteiger partial charge in [-0.2, -0.15) is 5.10 Å². The molecule has 0 saturated heterocycles. The Morgan fingerprint density at radius 2 is 1.91 bits per heavy atom. The van der Waals surface area contributed by atoms with Crippen LogP contribution in [0.5, 0.6) is 0 Å². The van der Waals surface area contributed by atoms with Gasteiger partial charge in [-0.1, -0.05) is 47.5 Å². The average Bonchev–Trinajstić information content (AvgIpc) is 2.51. The van der Waals surface area contributed by atoms with E-state index < -0.39 is 0 Å². The minimum atomic E-state index is -0.216. The summed E-state index contributed by atoms with van der Waals surface area (Å²) in [6.45, 7) is 4.01. The standard InChI is InChI=1S/C17H18ClN3O/c1-12-6-8-14(9-7-12)13(2)20-21-17(22)11-19-16-5-3-4-15(18)10-16/h3-10,19H,11H2,1-2H3,(H,21,22)/b20-13-. The predicted molar refractivity (Wildman–Crippen MR) is 91.5 cm³/mol. The number of hydrogen-bond acceptors (Lipinski definition) is 3. The molecule has 0 bridgehead atoms. The van der Waals surface area contributed by atoms with Crippen LogP contribution >= 0.6 is 11.6 Å². The molecule has 0 aromatic heterocycles. The van der Waals surface area contributed by atoms with Crippen LogP contribution in [0.15, 0.2) is 53.6 Å². The van der Waals surface area contributed by atoms with Gasteiger partial charge >= 0.3 is 0 Å². The first-order valence-electron chi connectivity index (χ1n) is 6.94. The van der Waals surface area contributed by atoms with Crippen LogP contribution in [0.2, 0.25) is 5.02 Å². The molecular formula is C17H18ClN3O. The molecule has 0 atom stereocenters. The maximum absolute atomic E-state index is 11.8. The van der Waals surface area contributed by atoms with E-state index >= 15 is 0 Å². The first-order chi connectivity index (χ1) is 10.5. The summed E-state index contributed by atoms with van der Waals surface area (Å²) >= 11 is 5.88. The second kappa shape index (κ2) is 7.61. The van der Waals surface area contributed by atoms with Crippen molar-refractivity contribution in [3.05, 3.63) is 64.7 Å². The summed E-state index contributed by atoms with van der Waals surface area (Å²) in [5, 5.41) is 7.72. The number of nitrogens with one attached hydrogen (secondary N) is 2. The largest absolute Gasteiger partial charge is 0.376 e. The number of rotatable bonds is 5. The van der Waals surface area contributed by atoms with E-state index in [1.807, 2.05) is 50.2 Å². The lowest BCUT2D eigenvalue weighted by Crippen LogP contribution is -2.26. The van der Waals surface area contributed by atoms with E-state index in [9.17, 15) is 4.79 Å². The van der Waals surface area contributed by atoms with Gasteiger partial charge in [-0.3, -0.25) is 4.79 Å². The normalized spacial score (nSPS) is 11.1. The summed E-state index contributed by atoms with van der Waals surface area (Å²) in [4.78, 5) is 11.8. The topological polar surface area (TPSA) is 53.5 Å². The molecule has 114 valence electrons. The lowest BCUT2D eigenvalue weighted by molar-refractivity contribution is -0.119. The highest BCUT2D eigenvalue weighted by Gasteiger charge is 2.02. The summed E-state index contributed by atoms with van der Waals surface area (Å²) in [5.74, 6) is -0.216. The molecule has 0 aliphatic rings. The highest BCUT2D eigenvalue weighted by molar-refractivity contribution is 6.30. The van der Waals surface area contributed by atoms with Gasteiger partial charge in [0.2, 0.25) is 0 Å². The number of carbonyl (C=O) groups is 1. The molecule has 5 heteroatoms. The quantitative estimate of drug-likeness (QED) is 0.654. The zero-order valence-electron chi connectivity index (χ0n) is 12.6. The van der Waals surface area contributed by atoms with Crippen molar-refractivity contribution in [1.82, 2.24) is 5.43 Å². The molecule has 22 heavy (non-hydrogen) atoms. The molecule has 2 rings (SSSR count). The van der Waals surface area contributed by atoms with Crippen molar-refractivity contribution >= 4 is 28.9 Å². The van der Waals surface area contributed by atoms with Gasteiger partial charge < -0.3 is 5.32 Å². The molecule has 2 N–H and O–H groups in total. The average molecular weight is 316 g/mol. The van der Waals surface area contributed by atoms with Crippen LogP contribution in [0.25, 0.3) is 0 Å². The summed E-state index contributed by atoms with van der Waals surface area (Å²) < 4.78 is 0. The lowest BCUT2D eigenvalue weighted by atomic mass is 10.1. The number of halogens is 1. The highest BCUT2D eigenvalue weighted by atomic mass is 35.5. The molecule has 2 aromatic carbocycles. The number of carbonyl (C=O) groups excluding carboxylic acids is 1.